The van der Waals surface area contributed by atoms with Crippen molar-refractivity contribution >= 4 is 16.0 Å². The summed E-state index contributed by atoms with van der Waals surface area (Å²) >= 11 is 0. The molecule has 1 rings (SSSR count). The van der Waals surface area contributed by atoms with E-state index < -0.39 is 33.3 Å². The molecule has 1 saturated carbocycles. The predicted molar refractivity (Wildman–Crippen MR) is 61.7 cm³/mol. The molecule has 1 aliphatic carbocycles. The van der Waals surface area contributed by atoms with Crippen molar-refractivity contribution in [1.82, 2.24) is 4.72 Å². The Hall–Kier alpha value is -0.660. The van der Waals surface area contributed by atoms with Gasteiger partial charge in [0, 0.05) is 6.54 Å². The van der Waals surface area contributed by atoms with E-state index in [1.165, 1.54) is 14.0 Å². The van der Waals surface area contributed by atoms with Crippen molar-refractivity contribution in [2.45, 2.75) is 37.5 Å². The lowest BCUT2D eigenvalue weighted by Crippen LogP contribution is -2.41. The van der Waals surface area contributed by atoms with Gasteiger partial charge in [-0.2, -0.15) is 0 Å². The highest BCUT2D eigenvalue weighted by Crippen LogP contribution is 2.31. The smallest absolute Gasteiger partial charge is 0.310 e. The van der Waals surface area contributed by atoms with Gasteiger partial charge in [0.1, 0.15) is 0 Å². The van der Waals surface area contributed by atoms with Crippen LogP contribution in [0.25, 0.3) is 0 Å². The summed E-state index contributed by atoms with van der Waals surface area (Å²) in [4.78, 5) is 11.4. The molecule has 0 saturated heterocycles. The summed E-state index contributed by atoms with van der Waals surface area (Å²) in [6.07, 6.45) is 0.935. The van der Waals surface area contributed by atoms with Gasteiger partial charge in [-0.1, -0.05) is 6.42 Å². The minimum absolute atomic E-state index is 0.0350. The summed E-state index contributed by atoms with van der Waals surface area (Å²) in [7, 11) is -2.31. The molecule has 0 bridgehead atoms. The molecule has 2 unspecified atom stereocenters. The summed E-state index contributed by atoms with van der Waals surface area (Å²) in [6.45, 7) is 1.46. The van der Waals surface area contributed by atoms with Gasteiger partial charge in [-0.25, -0.2) is 13.1 Å². The summed E-state index contributed by atoms with van der Waals surface area (Å²) in [5.41, 5.74) is 0. The first-order valence-electron chi connectivity index (χ1n) is 5.63. The van der Waals surface area contributed by atoms with Gasteiger partial charge >= 0.3 is 5.97 Å². The van der Waals surface area contributed by atoms with Crippen molar-refractivity contribution in [1.29, 1.82) is 0 Å². The van der Waals surface area contributed by atoms with E-state index in [1.807, 2.05) is 0 Å². The first kappa shape index (κ1) is 14.4. The third-order valence-electron chi connectivity index (χ3n) is 2.93. The number of aliphatic hydroxyl groups is 1. The molecule has 1 aliphatic rings. The first-order valence-corrected chi connectivity index (χ1v) is 7.17. The van der Waals surface area contributed by atoms with E-state index in [9.17, 15) is 13.2 Å². The van der Waals surface area contributed by atoms with Crippen LogP contribution in [0, 0.1) is 5.92 Å². The van der Waals surface area contributed by atoms with Crippen molar-refractivity contribution in [2.75, 3.05) is 13.7 Å². The molecule has 0 radical (unpaired) electrons. The van der Waals surface area contributed by atoms with E-state index in [-0.39, 0.29) is 6.54 Å². The zero-order chi connectivity index (χ0) is 13.1. The molecule has 100 valence electrons. The lowest BCUT2D eigenvalue weighted by Gasteiger charge is -2.19. The molecule has 0 amide bonds. The van der Waals surface area contributed by atoms with Crippen LogP contribution in [0.2, 0.25) is 0 Å². The van der Waals surface area contributed by atoms with Crippen LogP contribution in [0.3, 0.4) is 0 Å². The minimum Gasteiger partial charge on any atom is -0.469 e. The average molecular weight is 265 g/mol. The molecular formula is C10H19NO5S. The van der Waals surface area contributed by atoms with Crippen LogP contribution in [0.4, 0.5) is 0 Å². The standard InChI is InChI=1S/C10H19NO5S/c1-7(12)6-11-17(14,15)9-5-3-4-8(9)10(13)16-2/h7-9,11-12H,3-6H2,1-2H3/t7-,8?,9?/m0/s1. The molecule has 2 N–H and O–H groups in total. The van der Waals surface area contributed by atoms with Crippen LogP contribution in [0.15, 0.2) is 0 Å². The van der Waals surface area contributed by atoms with Gasteiger partial charge in [-0.15, -0.1) is 0 Å². The Bertz CT molecular complexity index is 365. The Kier molecular flexibility index (Phi) is 4.91. The van der Waals surface area contributed by atoms with Crippen molar-refractivity contribution in [2.24, 2.45) is 5.92 Å². The zero-order valence-electron chi connectivity index (χ0n) is 10.0. The number of sulfonamides is 1. The fourth-order valence-corrected chi connectivity index (χ4v) is 3.91. The molecule has 1 fully saturated rings. The molecule has 0 aliphatic heterocycles. The summed E-state index contributed by atoms with van der Waals surface area (Å²) in [5.74, 6) is -1.07. The molecule has 0 aromatic rings. The van der Waals surface area contributed by atoms with Gasteiger partial charge < -0.3 is 9.84 Å². The van der Waals surface area contributed by atoms with Gasteiger partial charge in [0.2, 0.25) is 10.0 Å². The summed E-state index contributed by atoms with van der Waals surface area (Å²) in [6, 6.07) is 0. The summed E-state index contributed by atoms with van der Waals surface area (Å²) < 4.78 is 30.8. The molecule has 6 nitrogen and oxygen atoms in total. The topological polar surface area (TPSA) is 92.7 Å². The number of aliphatic hydroxyl groups excluding tert-OH is 1. The molecule has 7 heteroatoms. The number of carbonyl (C=O) groups excluding carboxylic acids is 1. The number of nitrogens with one attached hydrogen (secondary N) is 1. The number of carbonyl (C=O) groups is 1. The maximum Gasteiger partial charge on any atom is 0.310 e. The molecule has 0 heterocycles. The first-order chi connectivity index (χ1) is 7.88. The molecule has 0 spiro atoms. The van der Waals surface area contributed by atoms with Gasteiger partial charge in [0.25, 0.3) is 0 Å². The largest absolute Gasteiger partial charge is 0.469 e. The lowest BCUT2D eigenvalue weighted by molar-refractivity contribution is -0.145. The molecule has 17 heavy (non-hydrogen) atoms. The second-order valence-corrected chi connectivity index (χ2v) is 6.33. The van der Waals surface area contributed by atoms with Gasteiger partial charge in [-0.05, 0) is 19.8 Å². The van der Waals surface area contributed by atoms with Crippen LogP contribution < -0.4 is 4.72 Å². The SMILES string of the molecule is COC(=O)C1CCCC1S(=O)(=O)NC[C@H](C)O. The number of rotatable bonds is 5. The fraction of sp³-hybridized carbons (Fsp3) is 0.900. The number of ether oxygens (including phenoxy) is 1. The Balaban J connectivity index is 2.73. The van der Waals surface area contributed by atoms with Gasteiger partial charge in [0.15, 0.2) is 0 Å². The molecule has 0 aromatic heterocycles. The highest BCUT2D eigenvalue weighted by atomic mass is 32.2. The second-order valence-electron chi connectivity index (χ2n) is 4.34. The van der Waals surface area contributed by atoms with Crippen molar-refractivity contribution in [3.8, 4) is 0 Å². The quantitative estimate of drug-likeness (QED) is 0.662. The number of methoxy groups -OCH3 is 1. The van der Waals surface area contributed by atoms with Crippen LogP contribution >= 0.6 is 0 Å². The highest BCUT2D eigenvalue weighted by Gasteiger charge is 2.42. The second kappa shape index (κ2) is 5.79. The van der Waals surface area contributed by atoms with E-state index in [4.69, 9.17) is 5.11 Å². The summed E-state index contributed by atoms with van der Waals surface area (Å²) in [5, 5.41) is 8.32. The van der Waals surface area contributed by atoms with E-state index in [0.717, 1.165) is 0 Å². The van der Waals surface area contributed by atoms with Crippen LogP contribution in [0.1, 0.15) is 26.2 Å². The van der Waals surface area contributed by atoms with E-state index in [0.29, 0.717) is 19.3 Å². The monoisotopic (exact) mass is 265 g/mol. The minimum atomic E-state index is -3.57. The zero-order valence-corrected chi connectivity index (χ0v) is 10.9. The fourth-order valence-electron chi connectivity index (χ4n) is 2.06. The average Bonchev–Trinajstić information content (AvgIpc) is 2.75. The Morgan fingerprint density at radius 2 is 2.18 bits per heavy atom. The Morgan fingerprint density at radius 3 is 2.71 bits per heavy atom. The predicted octanol–water partition coefficient (Wildman–Crippen LogP) is -0.372. The van der Waals surface area contributed by atoms with Gasteiger partial charge in [0.05, 0.1) is 24.4 Å². The maximum atomic E-state index is 11.9. The number of hydrogen-bond acceptors (Lipinski definition) is 5. The van der Waals surface area contributed by atoms with Gasteiger partial charge in [-0.3, -0.25) is 4.79 Å². The van der Waals surface area contributed by atoms with Crippen molar-refractivity contribution < 1.29 is 23.1 Å². The van der Waals surface area contributed by atoms with Crippen molar-refractivity contribution in [3.05, 3.63) is 0 Å². The lowest BCUT2D eigenvalue weighted by atomic mass is 10.1. The van der Waals surface area contributed by atoms with Crippen molar-refractivity contribution in [3.63, 3.8) is 0 Å². The highest BCUT2D eigenvalue weighted by molar-refractivity contribution is 7.90. The molecule has 0 aromatic carbocycles. The third-order valence-corrected chi connectivity index (χ3v) is 4.87. The van der Waals surface area contributed by atoms with Crippen LogP contribution in [-0.2, 0) is 19.6 Å². The number of hydrogen-bond donors (Lipinski definition) is 2. The maximum absolute atomic E-state index is 11.9. The molecular weight excluding hydrogens is 246 g/mol. The van der Waals surface area contributed by atoms with E-state index in [1.54, 1.807) is 0 Å². The Labute approximate surface area is 101 Å². The van der Waals surface area contributed by atoms with E-state index >= 15 is 0 Å². The van der Waals surface area contributed by atoms with Crippen LogP contribution in [0.5, 0.6) is 0 Å². The third kappa shape index (κ3) is 3.65. The van der Waals surface area contributed by atoms with Crippen LogP contribution in [-0.4, -0.2) is 44.5 Å². The Morgan fingerprint density at radius 1 is 1.53 bits per heavy atom. The number of esters is 1. The molecule has 3 atom stereocenters. The van der Waals surface area contributed by atoms with E-state index in [2.05, 4.69) is 9.46 Å². The normalized spacial score (nSPS) is 26.8.